The molecule has 0 unspecified atom stereocenters. The third-order valence-electron chi connectivity index (χ3n) is 1.54. The minimum atomic E-state index is -0.188. The Morgan fingerprint density at radius 3 is 3.14 bits per heavy atom. The zero-order chi connectivity index (χ0) is 10.4. The molecule has 0 aliphatic heterocycles. The number of nitrogens with zero attached hydrogens (tertiary/aromatic N) is 2. The molecule has 0 aliphatic carbocycles. The number of aromatic nitrogens is 1. The number of hydrogen-bond donors (Lipinski definition) is 2. The molecule has 0 radical (unpaired) electrons. The second-order valence-electron chi connectivity index (χ2n) is 2.63. The van der Waals surface area contributed by atoms with Crippen molar-refractivity contribution in [2.75, 3.05) is 11.9 Å². The Morgan fingerprint density at radius 2 is 2.57 bits per heavy atom. The topological polar surface area (TPSA) is 65.2 Å². The molecule has 5 nitrogen and oxygen atoms in total. The van der Waals surface area contributed by atoms with E-state index in [0.717, 1.165) is 30.7 Å². The van der Waals surface area contributed by atoms with E-state index in [2.05, 4.69) is 16.9 Å². The van der Waals surface area contributed by atoms with Crippen LogP contribution in [0.2, 0.25) is 0 Å². The molecule has 0 spiro atoms. The van der Waals surface area contributed by atoms with Crippen LogP contribution in [0.25, 0.3) is 0 Å². The molecule has 1 aromatic heterocycles. The maximum absolute atomic E-state index is 10.4. The lowest BCUT2D eigenvalue weighted by molar-refractivity contribution is -0.727. The molecule has 14 heavy (non-hydrogen) atoms. The van der Waals surface area contributed by atoms with Gasteiger partial charge in [-0.15, -0.1) is 6.58 Å². The second-order valence-corrected chi connectivity index (χ2v) is 3.64. The van der Waals surface area contributed by atoms with Crippen molar-refractivity contribution in [3.8, 4) is 0 Å². The third-order valence-corrected chi connectivity index (χ3v) is 2.46. The molecular weight excluding hydrogens is 202 g/mol. The van der Waals surface area contributed by atoms with Crippen LogP contribution in [0.5, 0.6) is 0 Å². The highest BCUT2D eigenvalue weighted by Gasteiger charge is 2.15. The summed E-state index contributed by atoms with van der Waals surface area (Å²) in [5.74, 6) is 0. The summed E-state index contributed by atoms with van der Waals surface area (Å²) in [4.78, 5) is 14.2. The molecule has 76 valence electrons. The lowest BCUT2D eigenvalue weighted by atomic mass is 10.3. The standard InChI is InChI=1S/C8H12N3O2S/c1-2-3-4-5-9-8-10-6-7(14-8)11(12)13/h2,6H,1,3-5H2,(H,9,10)(H,12,13)/q+1. The second kappa shape index (κ2) is 5.33. The van der Waals surface area contributed by atoms with E-state index in [0.29, 0.717) is 5.13 Å². The summed E-state index contributed by atoms with van der Waals surface area (Å²) < 4.78 is 0. The van der Waals surface area contributed by atoms with Gasteiger partial charge in [0.2, 0.25) is 0 Å². The Balaban J connectivity index is 2.36. The molecule has 2 N–H and O–H groups in total. The van der Waals surface area contributed by atoms with Gasteiger partial charge in [0.25, 0.3) is 4.92 Å². The van der Waals surface area contributed by atoms with Gasteiger partial charge >= 0.3 is 5.00 Å². The Labute approximate surface area is 85.6 Å². The number of anilines is 1. The van der Waals surface area contributed by atoms with Crippen molar-refractivity contribution in [3.63, 3.8) is 0 Å². The molecule has 1 aromatic rings. The molecule has 1 rings (SSSR count). The van der Waals surface area contributed by atoms with E-state index in [1.165, 1.54) is 6.20 Å². The van der Waals surface area contributed by atoms with Gasteiger partial charge in [-0.25, -0.2) is 10.2 Å². The van der Waals surface area contributed by atoms with Crippen LogP contribution in [0, 0.1) is 4.91 Å². The molecule has 6 heteroatoms. The summed E-state index contributed by atoms with van der Waals surface area (Å²) in [7, 11) is 0. The van der Waals surface area contributed by atoms with Crippen molar-refractivity contribution in [1.82, 2.24) is 4.98 Å². The maximum atomic E-state index is 10.4. The number of hydrogen-bond acceptors (Lipinski definition) is 4. The Morgan fingerprint density at radius 1 is 1.79 bits per heavy atom. The number of thiazole rings is 1. The van der Waals surface area contributed by atoms with Crippen LogP contribution in [0.1, 0.15) is 12.8 Å². The highest BCUT2D eigenvalue weighted by atomic mass is 32.1. The van der Waals surface area contributed by atoms with Crippen LogP contribution in [0.15, 0.2) is 18.9 Å². The predicted octanol–water partition coefficient (Wildman–Crippen LogP) is 2.32. The van der Waals surface area contributed by atoms with Crippen LogP contribution < -0.4 is 5.32 Å². The number of unbranched alkanes of at least 4 members (excludes halogenated alkanes) is 1. The van der Waals surface area contributed by atoms with Crippen molar-refractivity contribution >= 4 is 21.5 Å². The van der Waals surface area contributed by atoms with Crippen molar-refractivity contribution < 1.29 is 10.1 Å². The molecule has 0 amide bonds. The van der Waals surface area contributed by atoms with Crippen molar-refractivity contribution in [1.29, 1.82) is 0 Å². The van der Waals surface area contributed by atoms with Gasteiger partial charge in [0.15, 0.2) is 5.13 Å². The molecule has 0 aliphatic rings. The van der Waals surface area contributed by atoms with Crippen molar-refractivity contribution in [2.45, 2.75) is 12.8 Å². The molecule has 1 heterocycles. The van der Waals surface area contributed by atoms with Gasteiger partial charge in [-0.05, 0) is 24.2 Å². The minimum absolute atomic E-state index is 0.177. The monoisotopic (exact) mass is 214 g/mol. The van der Waals surface area contributed by atoms with E-state index >= 15 is 0 Å². The average Bonchev–Trinajstić information content (AvgIpc) is 2.61. The fourth-order valence-electron chi connectivity index (χ4n) is 0.877. The number of nitrogens with one attached hydrogen (secondary N) is 1. The first-order chi connectivity index (χ1) is 6.74. The van der Waals surface area contributed by atoms with E-state index in [-0.39, 0.29) is 9.92 Å². The van der Waals surface area contributed by atoms with Gasteiger partial charge in [-0.3, -0.25) is 0 Å². The van der Waals surface area contributed by atoms with E-state index in [9.17, 15) is 4.91 Å². The number of allylic oxidation sites excluding steroid dienone is 1. The Hall–Kier alpha value is -1.43. The molecule has 0 atom stereocenters. The minimum Gasteiger partial charge on any atom is -0.361 e. The van der Waals surface area contributed by atoms with Crippen LogP contribution in [-0.2, 0) is 0 Å². The fourth-order valence-corrected chi connectivity index (χ4v) is 1.54. The zero-order valence-corrected chi connectivity index (χ0v) is 8.46. The van der Waals surface area contributed by atoms with E-state index < -0.39 is 0 Å². The quantitative estimate of drug-likeness (QED) is 0.433. The molecule has 0 bridgehead atoms. The first-order valence-electron chi connectivity index (χ1n) is 4.20. The Kier molecular flexibility index (Phi) is 4.06. The summed E-state index contributed by atoms with van der Waals surface area (Å²) in [6, 6.07) is 0. The summed E-state index contributed by atoms with van der Waals surface area (Å²) >= 11 is 1.11. The van der Waals surface area contributed by atoms with Gasteiger partial charge in [0.05, 0.1) is 4.91 Å². The summed E-state index contributed by atoms with van der Waals surface area (Å²) in [5.41, 5.74) is 0. The summed E-state index contributed by atoms with van der Waals surface area (Å²) in [5, 5.41) is 12.4. The van der Waals surface area contributed by atoms with Crippen molar-refractivity contribution in [3.05, 3.63) is 23.8 Å². The molecule has 0 saturated heterocycles. The summed E-state index contributed by atoms with van der Waals surface area (Å²) in [6.45, 7) is 4.39. The summed E-state index contributed by atoms with van der Waals surface area (Å²) in [6.07, 6.45) is 5.09. The van der Waals surface area contributed by atoms with Gasteiger partial charge < -0.3 is 5.32 Å². The van der Waals surface area contributed by atoms with Gasteiger partial charge in [0, 0.05) is 6.54 Å². The van der Waals surface area contributed by atoms with E-state index in [1.807, 2.05) is 6.08 Å². The highest BCUT2D eigenvalue weighted by Crippen LogP contribution is 2.24. The largest absolute Gasteiger partial charge is 0.392 e. The molecular formula is C8H12N3O2S+. The van der Waals surface area contributed by atoms with Crippen LogP contribution >= 0.6 is 11.3 Å². The first kappa shape index (κ1) is 10.6. The van der Waals surface area contributed by atoms with Gasteiger partial charge in [-0.2, -0.15) is 0 Å². The lowest BCUT2D eigenvalue weighted by Crippen LogP contribution is -1.99. The molecule has 0 fully saturated rings. The normalized spacial score (nSPS) is 9.71. The maximum Gasteiger partial charge on any atom is 0.392 e. The lowest BCUT2D eigenvalue weighted by Gasteiger charge is -1.98. The van der Waals surface area contributed by atoms with Crippen LogP contribution in [0.4, 0.5) is 10.1 Å². The molecule has 0 saturated carbocycles. The third kappa shape index (κ3) is 3.14. The zero-order valence-electron chi connectivity index (χ0n) is 7.64. The van der Waals surface area contributed by atoms with Crippen LogP contribution in [0.3, 0.4) is 0 Å². The molecule has 0 aromatic carbocycles. The predicted molar refractivity (Wildman–Crippen MR) is 55.1 cm³/mol. The van der Waals surface area contributed by atoms with Crippen LogP contribution in [-0.4, -0.2) is 21.7 Å². The van der Waals surface area contributed by atoms with E-state index in [4.69, 9.17) is 5.21 Å². The first-order valence-corrected chi connectivity index (χ1v) is 5.02. The number of rotatable bonds is 6. The van der Waals surface area contributed by atoms with E-state index in [1.54, 1.807) is 0 Å². The van der Waals surface area contributed by atoms with Gasteiger partial charge in [-0.1, -0.05) is 6.08 Å². The SMILES string of the molecule is C=CCCCNc1ncc([N+](=O)O)s1. The average molecular weight is 214 g/mol. The van der Waals surface area contributed by atoms with Crippen molar-refractivity contribution in [2.24, 2.45) is 0 Å². The smallest absolute Gasteiger partial charge is 0.361 e. The fraction of sp³-hybridized carbons (Fsp3) is 0.375. The Bertz CT molecular complexity index is 324. The highest BCUT2D eigenvalue weighted by molar-refractivity contribution is 7.18. The van der Waals surface area contributed by atoms with Gasteiger partial charge in [0.1, 0.15) is 6.20 Å².